The first kappa shape index (κ1) is 30.2. The number of epoxide rings is 1. The van der Waals surface area contributed by atoms with Crippen LogP contribution in [0, 0.1) is 0 Å². The smallest absolute Gasteiger partial charge is 0.206 e. The Labute approximate surface area is 226 Å². The van der Waals surface area contributed by atoms with E-state index in [0.29, 0.717) is 22.8 Å². The van der Waals surface area contributed by atoms with Gasteiger partial charge in [-0.05, 0) is 17.7 Å². The highest BCUT2D eigenvalue weighted by Gasteiger charge is 2.48. The lowest BCUT2D eigenvalue weighted by molar-refractivity contribution is 0.0217. The molecule has 216 valence electrons. The third-order valence-corrected chi connectivity index (χ3v) is 5.29. The number of hydrogen-bond acceptors (Lipinski definition) is 13. The molecule has 0 radical (unpaired) electrons. The normalized spacial score (nSPS) is 15.9. The molecule has 1 fully saturated rings. The van der Waals surface area contributed by atoms with Gasteiger partial charge in [-0.15, -0.1) is 0 Å². The quantitative estimate of drug-likeness (QED) is 0.143. The van der Waals surface area contributed by atoms with Crippen molar-refractivity contribution in [2.24, 2.45) is 0 Å². The van der Waals surface area contributed by atoms with Gasteiger partial charge in [-0.2, -0.15) is 0 Å². The Morgan fingerprint density at radius 2 is 1.13 bits per heavy atom. The molecule has 2 aromatic rings. The Hall–Kier alpha value is -3.33. The minimum absolute atomic E-state index is 0.000975. The summed E-state index contributed by atoms with van der Waals surface area (Å²) in [6.45, 7) is -0.270. The third kappa shape index (κ3) is 7.85. The minimum Gasteiger partial charge on any atom is -0.496 e. The van der Waals surface area contributed by atoms with Crippen LogP contribution in [0.15, 0.2) is 24.3 Å². The van der Waals surface area contributed by atoms with Crippen LogP contribution in [0.1, 0.15) is 22.0 Å². The van der Waals surface area contributed by atoms with Crippen LogP contribution >= 0.6 is 0 Å². The molecular weight excluding hydrogens is 520 g/mol. The topological polar surface area (TPSA) is 131 Å². The van der Waals surface area contributed by atoms with E-state index >= 15 is 0 Å². The van der Waals surface area contributed by atoms with Crippen molar-refractivity contribution in [3.63, 3.8) is 0 Å². The molecule has 0 saturated carbocycles. The third-order valence-electron chi connectivity index (χ3n) is 5.29. The molecule has 1 saturated heterocycles. The first-order chi connectivity index (χ1) is 19.0. The van der Waals surface area contributed by atoms with Crippen LogP contribution < -0.4 is 28.4 Å². The van der Waals surface area contributed by atoms with Crippen molar-refractivity contribution in [3.8, 4) is 34.5 Å². The van der Waals surface area contributed by atoms with Crippen LogP contribution in [0.2, 0.25) is 0 Å². The first-order valence-corrected chi connectivity index (χ1v) is 11.7. The van der Waals surface area contributed by atoms with Gasteiger partial charge in [-0.3, -0.25) is 4.79 Å². The molecule has 2 aromatic carbocycles. The zero-order chi connectivity index (χ0) is 28.2. The fourth-order valence-electron chi connectivity index (χ4n) is 3.60. The van der Waals surface area contributed by atoms with Crippen molar-refractivity contribution in [1.82, 2.24) is 0 Å². The number of rotatable bonds is 19. The molecule has 0 bridgehead atoms. The van der Waals surface area contributed by atoms with Crippen molar-refractivity contribution in [2.75, 3.05) is 76.6 Å². The molecule has 0 aliphatic carbocycles. The summed E-state index contributed by atoms with van der Waals surface area (Å²) in [6, 6.07) is 6.49. The summed E-state index contributed by atoms with van der Waals surface area (Å²) < 4.78 is 64.7. The fourth-order valence-corrected chi connectivity index (χ4v) is 3.60. The van der Waals surface area contributed by atoms with Crippen LogP contribution in [0.5, 0.6) is 34.5 Å². The highest BCUT2D eigenvalue weighted by atomic mass is 16.7. The van der Waals surface area contributed by atoms with Gasteiger partial charge in [-0.1, -0.05) is 0 Å². The molecule has 0 spiro atoms. The number of methoxy groups -OCH3 is 6. The average molecular weight is 555 g/mol. The zero-order valence-corrected chi connectivity index (χ0v) is 22.8. The molecule has 2 unspecified atom stereocenters. The maximum absolute atomic E-state index is 13.7. The molecule has 1 aliphatic heterocycles. The molecule has 1 heterocycles. The summed E-state index contributed by atoms with van der Waals surface area (Å²) in [6.07, 6.45) is -1.46. The van der Waals surface area contributed by atoms with Crippen LogP contribution in [-0.4, -0.2) is 88.5 Å². The van der Waals surface area contributed by atoms with Gasteiger partial charge in [0.1, 0.15) is 28.9 Å². The second-order valence-electron chi connectivity index (χ2n) is 7.94. The predicted octanol–water partition coefficient (Wildman–Crippen LogP) is 2.93. The van der Waals surface area contributed by atoms with Gasteiger partial charge < -0.3 is 56.8 Å². The van der Waals surface area contributed by atoms with Gasteiger partial charge in [0.25, 0.3) is 0 Å². The summed E-state index contributed by atoms with van der Waals surface area (Å²) in [5.74, 6) is 1.36. The van der Waals surface area contributed by atoms with E-state index < -0.39 is 12.2 Å². The largest absolute Gasteiger partial charge is 0.496 e. The van der Waals surface area contributed by atoms with E-state index in [-0.39, 0.29) is 62.6 Å². The van der Waals surface area contributed by atoms with E-state index in [1.807, 2.05) is 0 Å². The number of hydrogen-bond donors (Lipinski definition) is 0. The lowest BCUT2D eigenvalue weighted by Crippen LogP contribution is -2.14. The summed E-state index contributed by atoms with van der Waals surface area (Å²) in [7, 11) is 8.87. The van der Waals surface area contributed by atoms with Gasteiger partial charge in [0.15, 0.2) is 51.6 Å². The van der Waals surface area contributed by atoms with Crippen molar-refractivity contribution >= 4 is 5.78 Å². The van der Waals surface area contributed by atoms with E-state index in [1.165, 1.54) is 42.7 Å². The second kappa shape index (κ2) is 15.3. The Balaban J connectivity index is 1.95. The van der Waals surface area contributed by atoms with Crippen LogP contribution in [0.25, 0.3) is 0 Å². The van der Waals surface area contributed by atoms with Gasteiger partial charge in [0, 0.05) is 47.7 Å². The number of Topliss-reactive ketones (excluding diaryl/α,β-unsaturated/α-hetero) is 1. The standard InChI is InChI=1S/C26H34O13/c1-28-11-34-17-9-18(33-6)22(19(10-17)35-12-29-2)23(27)26-24(39-26)16-7-20(36-13-30-3)25(38-15-32-5)21(8-16)37-14-31-4/h7-10,24,26H,11-15H2,1-6H3. The van der Waals surface area contributed by atoms with Crippen molar-refractivity contribution in [1.29, 1.82) is 0 Å². The van der Waals surface area contributed by atoms with Crippen LogP contribution in [-0.2, 0) is 28.4 Å². The number of benzene rings is 2. The molecule has 0 aromatic heterocycles. The van der Waals surface area contributed by atoms with Crippen molar-refractivity contribution < 1.29 is 61.6 Å². The SMILES string of the molecule is COCOc1cc(OC)c(C(=O)C2OC2c2cc(OCOC)c(OCOC)c(OCOC)c2)c(OCOC)c1. The average Bonchev–Trinajstić information content (AvgIpc) is 3.76. The lowest BCUT2D eigenvalue weighted by atomic mass is 10.00. The van der Waals surface area contributed by atoms with Gasteiger partial charge in [0.2, 0.25) is 11.5 Å². The van der Waals surface area contributed by atoms with Crippen LogP contribution in [0.3, 0.4) is 0 Å². The van der Waals surface area contributed by atoms with Gasteiger partial charge in [0.05, 0.1) is 7.11 Å². The number of ketones is 1. The molecule has 0 amide bonds. The maximum atomic E-state index is 13.7. The zero-order valence-electron chi connectivity index (χ0n) is 22.8. The summed E-state index contributed by atoms with van der Waals surface area (Å²) in [5.41, 5.74) is 0.785. The maximum Gasteiger partial charge on any atom is 0.206 e. The number of ether oxygens (including phenoxy) is 12. The molecule has 1 aliphatic rings. The highest BCUT2D eigenvalue weighted by molar-refractivity contribution is 6.06. The number of carbonyl (C=O) groups is 1. The molecule has 13 heteroatoms. The molecule has 3 rings (SSSR count). The van der Waals surface area contributed by atoms with E-state index in [2.05, 4.69) is 0 Å². The number of carbonyl (C=O) groups excluding carboxylic acids is 1. The van der Waals surface area contributed by atoms with Crippen LogP contribution in [0.4, 0.5) is 0 Å². The molecule has 2 atom stereocenters. The highest BCUT2D eigenvalue weighted by Crippen LogP contribution is 2.49. The molecule has 0 N–H and O–H groups in total. The predicted molar refractivity (Wildman–Crippen MR) is 134 cm³/mol. The Morgan fingerprint density at radius 1 is 0.641 bits per heavy atom. The molecular formula is C26H34O13. The van der Waals surface area contributed by atoms with E-state index in [1.54, 1.807) is 24.3 Å². The van der Waals surface area contributed by atoms with E-state index in [4.69, 9.17) is 56.8 Å². The van der Waals surface area contributed by atoms with E-state index in [0.717, 1.165) is 0 Å². The van der Waals surface area contributed by atoms with Gasteiger partial charge in [-0.25, -0.2) is 0 Å². The van der Waals surface area contributed by atoms with E-state index in [9.17, 15) is 4.79 Å². The second-order valence-corrected chi connectivity index (χ2v) is 7.94. The Morgan fingerprint density at radius 3 is 1.67 bits per heavy atom. The van der Waals surface area contributed by atoms with Gasteiger partial charge >= 0.3 is 0 Å². The minimum atomic E-state index is -0.842. The summed E-state index contributed by atoms with van der Waals surface area (Å²) >= 11 is 0. The molecule has 13 nitrogen and oxygen atoms in total. The first-order valence-electron chi connectivity index (χ1n) is 11.7. The Kier molecular flexibility index (Phi) is 11.9. The summed E-state index contributed by atoms with van der Waals surface area (Å²) in [5, 5.41) is 0. The van der Waals surface area contributed by atoms with Crippen molar-refractivity contribution in [2.45, 2.75) is 12.2 Å². The monoisotopic (exact) mass is 554 g/mol. The summed E-state index contributed by atoms with van der Waals surface area (Å²) in [4.78, 5) is 13.7. The van der Waals surface area contributed by atoms with Crippen molar-refractivity contribution in [3.05, 3.63) is 35.4 Å². The molecule has 39 heavy (non-hydrogen) atoms. The fraction of sp³-hybridized carbons (Fsp3) is 0.500. The Bertz CT molecular complexity index is 1050. The lowest BCUT2D eigenvalue weighted by Gasteiger charge is -2.17.